The Bertz CT molecular complexity index is 1440. The fourth-order valence-corrected chi connectivity index (χ4v) is 7.64. The van der Waals surface area contributed by atoms with Crippen molar-refractivity contribution >= 4 is 33.4 Å². The fourth-order valence-electron chi connectivity index (χ4n) is 7.09. The Morgan fingerprint density at radius 1 is 1.24 bits per heavy atom. The van der Waals surface area contributed by atoms with E-state index in [4.69, 9.17) is 14.7 Å². The molecule has 1 spiro atoms. The van der Waals surface area contributed by atoms with Crippen LogP contribution >= 0.6 is 15.9 Å². The monoisotopic (exact) mass is 618 g/mol. The molecule has 1 amide bonds. The number of fused-ring (bicyclic) bond motifs is 2. The molecular formula is C31H35BrN6O3. The van der Waals surface area contributed by atoms with Gasteiger partial charge < -0.3 is 19.4 Å². The second kappa shape index (κ2) is 11.2. The molecule has 1 aromatic heterocycles. The number of rotatable bonds is 6. The van der Waals surface area contributed by atoms with E-state index in [1.54, 1.807) is 4.90 Å². The number of benzene rings is 1. The third kappa shape index (κ3) is 5.04. The number of likely N-dealkylation sites (N-methyl/N-ethyl adjacent to an activating group) is 1. The Morgan fingerprint density at radius 3 is 2.83 bits per heavy atom. The van der Waals surface area contributed by atoms with Crippen LogP contribution in [0.2, 0.25) is 0 Å². The van der Waals surface area contributed by atoms with E-state index in [0.29, 0.717) is 57.0 Å². The molecular weight excluding hydrogens is 584 g/mol. The molecule has 4 aliphatic rings. The van der Waals surface area contributed by atoms with E-state index in [2.05, 4.69) is 51.5 Å². The number of carbonyl (C=O) groups is 2. The van der Waals surface area contributed by atoms with Gasteiger partial charge in [0.1, 0.15) is 18.1 Å². The molecule has 2 aliphatic carbocycles. The van der Waals surface area contributed by atoms with Crippen molar-refractivity contribution in [1.82, 2.24) is 19.8 Å². The van der Waals surface area contributed by atoms with Crippen LogP contribution in [0.15, 0.2) is 35.3 Å². The minimum absolute atomic E-state index is 0.0578. The average molecular weight is 620 g/mol. The second-order valence-corrected chi connectivity index (χ2v) is 12.6. The molecule has 1 unspecified atom stereocenters. The van der Waals surface area contributed by atoms with Crippen LogP contribution in [0.25, 0.3) is 0 Å². The van der Waals surface area contributed by atoms with Gasteiger partial charge in [0, 0.05) is 41.1 Å². The lowest BCUT2D eigenvalue weighted by atomic mass is 9.70. The quantitative estimate of drug-likeness (QED) is 0.451. The number of hydrogen-bond acceptors (Lipinski definition) is 8. The SMILES string of the molecule is C=CC(=O)N1CCN(c2nc(OC[C@@H]3CCCN3C)nc3c2CCC2(Cc4cccc(Br)c4C2)C3=O)C[C@@H]1CC#N. The molecule has 10 heteroatoms. The van der Waals surface area contributed by atoms with Gasteiger partial charge >= 0.3 is 6.01 Å². The van der Waals surface area contributed by atoms with Crippen LogP contribution in [0.4, 0.5) is 5.82 Å². The summed E-state index contributed by atoms with van der Waals surface area (Å²) in [6.07, 6.45) is 6.49. The minimum atomic E-state index is -0.522. The lowest BCUT2D eigenvalue weighted by Crippen LogP contribution is -2.55. The van der Waals surface area contributed by atoms with E-state index in [1.165, 1.54) is 17.2 Å². The van der Waals surface area contributed by atoms with Crippen LogP contribution in [-0.2, 0) is 24.1 Å². The van der Waals surface area contributed by atoms with Crippen molar-refractivity contribution in [2.75, 3.05) is 44.7 Å². The van der Waals surface area contributed by atoms with Gasteiger partial charge in [-0.25, -0.2) is 0 Å². The van der Waals surface area contributed by atoms with Crippen molar-refractivity contribution in [3.63, 3.8) is 0 Å². The van der Waals surface area contributed by atoms with E-state index in [9.17, 15) is 14.9 Å². The Balaban J connectivity index is 1.35. The first-order valence-electron chi connectivity index (χ1n) is 14.4. The molecule has 0 bridgehead atoms. The third-order valence-corrected chi connectivity index (χ3v) is 10.2. The fraction of sp³-hybridized carbons (Fsp3) is 0.516. The molecule has 6 rings (SSSR count). The summed E-state index contributed by atoms with van der Waals surface area (Å²) >= 11 is 3.70. The number of ketones is 1. The smallest absolute Gasteiger partial charge is 0.319 e. The van der Waals surface area contributed by atoms with Crippen LogP contribution in [0.5, 0.6) is 6.01 Å². The number of amides is 1. The van der Waals surface area contributed by atoms with Gasteiger partial charge in [-0.3, -0.25) is 9.59 Å². The van der Waals surface area contributed by atoms with Crippen molar-refractivity contribution in [2.24, 2.45) is 5.41 Å². The Morgan fingerprint density at radius 2 is 2.10 bits per heavy atom. The number of nitriles is 1. The van der Waals surface area contributed by atoms with Crippen molar-refractivity contribution in [3.05, 3.63) is 57.7 Å². The number of nitrogens with zero attached hydrogens (tertiary/aromatic N) is 6. The number of carbonyl (C=O) groups excluding carboxylic acids is 2. The molecule has 214 valence electrons. The lowest BCUT2D eigenvalue weighted by Gasteiger charge is -2.42. The van der Waals surface area contributed by atoms with Crippen LogP contribution in [0.3, 0.4) is 0 Å². The maximum atomic E-state index is 14.4. The molecule has 1 aromatic carbocycles. The maximum Gasteiger partial charge on any atom is 0.319 e. The highest BCUT2D eigenvalue weighted by Gasteiger charge is 2.49. The Hall–Kier alpha value is -3.29. The standard InChI is InChI=1S/C31H35BrN6O3/c1-3-26(39)38-15-14-37(18-21(38)10-12-33)29-23-9-11-31(16-20-6-4-8-25(32)24(20)17-31)28(40)27(23)34-30(35-29)41-19-22-7-5-13-36(22)2/h3-4,6,8,21-22H,1,5,7,9-11,13-19H2,2H3/t21-,22-,31?/m0/s1. The molecule has 3 heterocycles. The predicted molar refractivity (Wildman–Crippen MR) is 158 cm³/mol. The largest absolute Gasteiger partial charge is 0.462 e. The number of hydrogen-bond donors (Lipinski definition) is 0. The van der Waals surface area contributed by atoms with Crippen LogP contribution < -0.4 is 9.64 Å². The highest BCUT2D eigenvalue weighted by molar-refractivity contribution is 9.10. The third-order valence-electron chi connectivity index (χ3n) is 9.42. The zero-order valence-corrected chi connectivity index (χ0v) is 25.0. The molecule has 2 saturated heterocycles. The first-order valence-corrected chi connectivity index (χ1v) is 15.2. The minimum Gasteiger partial charge on any atom is -0.462 e. The zero-order chi connectivity index (χ0) is 28.7. The normalized spacial score (nSPS) is 25.6. The van der Waals surface area contributed by atoms with Crippen LogP contribution in [-0.4, -0.2) is 83.4 Å². The highest BCUT2D eigenvalue weighted by Crippen LogP contribution is 2.49. The highest BCUT2D eigenvalue weighted by atomic mass is 79.9. The molecule has 2 fully saturated rings. The van der Waals surface area contributed by atoms with Gasteiger partial charge in [-0.05, 0) is 75.4 Å². The number of aromatic nitrogens is 2. The topological polar surface area (TPSA) is 103 Å². The van der Waals surface area contributed by atoms with E-state index < -0.39 is 5.41 Å². The van der Waals surface area contributed by atoms with Gasteiger partial charge in [0.2, 0.25) is 5.91 Å². The summed E-state index contributed by atoms with van der Waals surface area (Å²) in [7, 11) is 2.10. The van der Waals surface area contributed by atoms with Gasteiger partial charge in [0.25, 0.3) is 0 Å². The van der Waals surface area contributed by atoms with Crippen molar-refractivity contribution < 1.29 is 14.3 Å². The molecule has 0 saturated carbocycles. The van der Waals surface area contributed by atoms with E-state index in [-0.39, 0.29) is 36.2 Å². The van der Waals surface area contributed by atoms with Crippen molar-refractivity contribution in [1.29, 1.82) is 5.26 Å². The van der Waals surface area contributed by atoms with E-state index in [0.717, 1.165) is 35.8 Å². The summed E-state index contributed by atoms with van der Waals surface area (Å²) < 4.78 is 7.26. The molecule has 0 radical (unpaired) electrons. The van der Waals surface area contributed by atoms with Crippen LogP contribution in [0, 0.1) is 16.7 Å². The first-order chi connectivity index (χ1) is 19.8. The number of anilines is 1. The number of likely N-dealkylation sites (tertiary alicyclic amines) is 1. The Labute approximate surface area is 249 Å². The molecule has 2 aliphatic heterocycles. The summed E-state index contributed by atoms with van der Waals surface area (Å²) in [5.74, 6) is 0.573. The predicted octanol–water partition coefficient (Wildman–Crippen LogP) is 3.74. The van der Waals surface area contributed by atoms with Crippen molar-refractivity contribution in [2.45, 2.75) is 57.0 Å². The number of ether oxygens (including phenoxy) is 1. The van der Waals surface area contributed by atoms with E-state index >= 15 is 0 Å². The summed E-state index contributed by atoms with van der Waals surface area (Å²) in [5.41, 5.74) is 3.21. The molecule has 9 nitrogen and oxygen atoms in total. The summed E-state index contributed by atoms with van der Waals surface area (Å²) in [6.45, 7) is 6.55. The molecule has 2 aromatic rings. The number of Topliss-reactive ketones (excluding diaryl/α,β-unsaturated/α-hetero) is 1. The van der Waals surface area contributed by atoms with Gasteiger partial charge in [0.15, 0.2) is 5.78 Å². The lowest BCUT2D eigenvalue weighted by molar-refractivity contribution is -0.128. The summed E-state index contributed by atoms with van der Waals surface area (Å²) in [4.78, 5) is 42.7. The number of halogens is 1. The molecule has 0 N–H and O–H groups in total. The van der Waals surface area contributed by atoms with Gasteiger partial charge in [-0.2, -0.15) is 15.2 Å². The zero-order valence-electron chi connectivity index (χ0n) is 23.4. The maximum absolute atomic E-state index is 14.4. The van der Waals surface area contributed by atoms with Gasteiger partial charge in [-0.15, -0.1) is 0 Å². The first kappa shape index (κ1) is 27.9. The van der Waals surface area contributed by atoms with E-state index in [1.807, 2.05) is 12.1 Å². The van der Waals surface area contributed by atoms with Crippen molar-refractivity contribution in [3.8, 4) is 12.1 Å². The number of piperazine rings is 1. The second-order valence-electron chi connectivity index (χ2n) is 11.8. The summed E-state index contributed by atoms with van der Waals surface area (Å²) in [6, 6.07) is 8.63. The molecule has 3 atom stereocenters. The average Bonchev–Trinajstić information content (AvgIpc) is 3.57. The summed E-state index contributed by atoms with van der Waals surface area (Å²) in [5, 5.41) is 9.50. The molecule has 41 heavy (non-hydrogen) atoms. The Kier molecular flexibility index (Phi) is 7.60. The van der Waals surface area contributed by atoms with Gasteiger partial charge in [0.05, 0.1) is 18.5 Å². The van der Waals surface area contributed by atoms with Crippen LogP contribution in [0.1, 0.15) is 52.9 Å². The van der Waals surface area contributed by atoms with Gasteiger partial charge in [-0.1, -0.05) is 34.6 Å².